The summed E-state index contributed by atoms with van der Waals surface area (Å²) in [5.41, 5.74) is -2.59. The predicted octanol–water partition coefficient (Wildman–Crippen LogP) is 2.65. The zero-order valence-electron chi connectivity index (χ0n) is 30.0. The maximum absolute atomic E-state index is 12.6. The van der Waals surface area contributed by atoms with Crippen molar-refractivity contribution in [3.05, 3.63) is 0 Å². The van der Waals surface area contributed by atoms with Gasteiger partial charge in [-0.05, 0) is 105 Å². The Hall–Kier alpha value is -0.890. The van der Waals surface area contributed by atoms with E-state index < -0.39 is 71.1 Å². The Kier molecular flexibility index (Phi) is 8.01. The largest absolute Gasteiger partial charge is 0.457 e. The van der Waals surface area contributed by atoms with E-state index in [0.717, 1.165) is 44.9 Å². The van der Waals surface area contributed by atoms with E-state index in [0.29, 0.717) is 12.3 Å². The number of fused-ring (bicyclic) bond motifs is 4. The van der Waals surface area contributed by atoms with Crippen molar-refractivity contribution in [3.63, 3.8) is 0 Å². The van der Waals surface area contributed by atoms with Crippen molar-refractivity contribution in [3.8, 4) is 0 Å². The number of hydrogen-bond donors (Lipinski definition) is 6. The molecule has 5 saturated carbocycles. The molecule has 2 heterocycles. The third-order valence-electron chi connectivity index (χ3n) is 15.9. The lowest BCUT2D eigenvalue weighted by atomic mass is 9.41. The van der Waals surface area contributed by atoms with Crippen molar-refractivity contribution in [1.82, 2.24) is 0 Å². The van der Waals surface area contributed by atoms with E-state index in [4.69, 9.17) is 18.9 Å². The normalized spacial score (nSPS) is 56.1. The molecule has 274 valence electrons. The fourth-order valence-corrected chi connectivity index (χ4v) is 13.8. The monoisotopic (exact) mass is 680 g/mol. The van der Waals surface area contributed by atoms with Gasteiger partial charge in [0.2, 0.25) is 0 Å². The van der Waals surface area contributed by atoms with E-state index in [1.807, 2.05) is 0 Å². The zero-order chi connectivity index (χ0) is 35.2. The molecule has 5 aliphatic carbocycles. The Morgan fingerprint density at radius 1 is 0.938 bits per heavy atom. The molecule has 0 radical (unpaired) electrons. The van der Waals surface area contributed by atoms with Gasteiger partial charge in [0, 0.05) is 18.3 Å². The van der Waals surface area contributed by atoms with Crippen LogP contribution in [0, 0.1) is 50.7 Å². The summed E-state index contributed by atoms with van der Waals surface area (Å²) in [6.07, 6.45) is -0.902. The molecule has 11 heteroatoms. The quantitative estimate of drug-likeness (QED) is 0.186. The van der Waals surface area contributed by atoms with Gasteiger partial charge in [-0.1, -0.05) is 34.6 Å². The Morgan fingerprint density at radius 3 is 2.23 bits per heavy atom. The summed E-state index contributed by atoms with van der Waals surface area (Å²) in [7, 11) is 0. The molecule has 0 aromatic rings. The lowest BCUT2D eigenvalue weighted by molar-refractivity contribution is -0.342. The molecule has 48 heavy (non-hydrogen) atoms. The van der Waals surface area contributed by atoms with Crippen LogP contribution in [-0.4, -0.2) is 104 Å². The molecule has 7 fully saturated rings. The Morgan fingerprint density at radius 2 is 1.58 bits per heavy atom. The summed E-state index contributed by atoms with van der Waals surface area (Å²) >= 11 is 0. The van der Waals surface area contributed by atoms with Crippen LogP contribution in [0.5, 0.6) is 0 Å². The molecule has 7 aliphatic rings. The third kappa shape index (κ3) is 4.41. The standard InChI is InChI=1S/C37H60O11/c1-18-15-21(28(32(5,6)43)46-19(2)38)48-37(44)27(18)33(7)13-14-36-17-35(36)12-11-24(47-29-26(41)25(40)20(39)16-45-29)31(3,4)22(35)9-10-23(36)34(33,8)30(37)42/h18,20-30,39-44H,9-17H2,1-8H3/t18-,20?,21-,22+,23+,24+,25+,26-,27-,28?,29+,30-,33-,34-,35-,36?,37-/m1/s1. The molecule has 2 spiro atoms. The number of esters is 1. The third-order valence-corrected chi connectivity index (χ3v) is 15.9. The molecule has 2 saturated heterocycles. The summed E-state index contributed by atoms with van der Waals surface area (Å²) < 4.78 is 24.2. The van der Waals surface area contributed by atoms with Gasteiger partial charge in [-0.25, -0.2) is 0 Å². The fraction of sp³-hybridized carbons (Fsp3) is 0.973. The molecule has 3 unspecified atom stereocenters. The summed E-state index contributed by atoms with van der Waals surface area (Å²) in [5, 5.41) is 67.0. The minimum Gasteiger partial charge on any atom is -0.457 e. The second kappa shape index (κ2) is 10.8. The van der Waals surface area contributed by atoms with Crippen LogP contribution in [-0.2, 0) is 23.7 Å². The van der Waals surface area contributed by atoms with Crippen molar-refractivity contribution in [2.24, 2.45) is 50.7 Å². The fourth-order valence-electron chi connectivity index (χ4n) is 13.8. The predicted molar refractivity (Wildman–Crippen MR) is 172 cm³/mol. The van der Waals surface area contributed by atoms with Gasteiger partial charge in [-0.3, -0.25) is 4.79 Å². The van der Waals surface area contributed by atoms with Crippen molar-refractivity contribution in [2.45, 2.75) is 167 Å². The van der Waals surface area contributed by atoms with Gasteiger partial charge in [0.05, 0.1) is 18.3 Å². The van der Waals surface area contributed by atoms with Gasteiger partial charge < -0.3 is 49.6 Å². The number of rotatable bonds is 5. The maximum atomic E-state index is 12.6. The van der Waals surface area contributed by atoms with E-state index in [2.05, 4.69) is 34.6 Å². The summed E-state index contributed by atoms with van der Waals surface area (Å²) in [5.74, 6) is -2.26. The molecular weight excluding hydrogens is 620 g/mol. The van der Waals surface area contributed by atoms with E-state index in [9.17, 15) is 35.4 Å². The molecule has 11 nitrogen and oxygen atoms in total. The molecular formula is C37H60O11. The van der Waals surface area contributed by atoms with Gasteiger partial charge in [-0.2, -0.15) is 0 Å². The van der Waals surface area contributed by atoms with E-state index >= 15 is 0 Å². The molecule has 7 rings (SSSR count). The van der Waals surface area contributed by atoms with Crippen LogP contribution >= 0.6 is 0 Å². The minimum absolute atomic E-state index is 0.0222. The SMILES string of the molecule is CC(=O)OC([C@H]1C[C@@H](C)[C@H]2[C@@](O)(O1)[C@H](O)[C@@]1(C)[C@@H]3CC[C@H]4C(C)(C)[C@@H](O[C@@H]5OCC(O)[C@H](O)[C@H]5O)CC[C@@]45CC35CC[C@]21C)C(C)(C)O. The summed E-state index contributed by atoms with van der Waals surface area (Å²) in [6.45, 7) is 15.4. The van der Waals surface area contributed by atoms with Crippen LogP contribution in [0.3, 0.4) is 0 Å². The number of carbonyl (C=O) groups excluding carboxylic acids is 1. The van der Waals surface area contributed by atoms with Crippen LogP contribution in [0.25, 0.3) is 0 Å². The molecule has 2 aliphatic heterocycles. The van der Waals surface area contributed by atoms with Gasteiger partial charge in [0.1, 0.15) is 30.5 Å². The van der Waals surface area contributed by atoms with E-state index in [1.165, 1.54) is 6.92 Å². The molecule has 0 bridgehead atoms. The highest BCUT2D eigenvalue weighted by Gasteiger charge is 2.86. The highest BCUT2D eigenvalue weighted by atomic mass is 16.7. The Bertz CT molecular complexity index is 1300. The first-order chi connectivity index (χ1) is 22.1. The number of carbonyl (C=O) groups is 1. The smallest absolute Gasteiger partial charge is 0.303 e. The number of aliphatic hydroxyl groups is 6. The zero-order valence-corrected chi connectivity index (χ0v) is 30.0. The van der Waals surface area contributed by atoms with Gasteiger partial charge >= 0.3 is 5.97 Å². The second-order valence-electron chi connectivity index (χ2n) is 18.8. The number of ether oxygens (including phenoxy) is 4. The van der Waals surface area contributed by atoms with Crippen LogP contribution in [0.2, 0.25) is 0 Å². The van der Waals surface area contributed by atoms with Crippen LogP contribution in [0.15, 0.2) is 0 Å². The lowest BCUT2D eigenvalue weighted by Crippen LogP contribution is -2.62. The Labute approximate surface area is 284 Å². The minimum atomic E-state index is -1.86. The van der Waals surface area contributed by atoms with Crippen molar-refractivity contribution >= 4 is 5.97 Å². The van der Waals surface area contributed by atoms with Crippen molar-refractivity contribution in [2.75, 3.05) is 6.61 Å². The van der Waals surface area contributed by atoms with Crippen LogP contribution in [0.4, 0.5) is 0 Å². The average molecular weight is 681 g/mol. The van der Waals surface area contributed by atoms with Gasteiger partial charge in [0.25, 0.3) is 0 Å². The number of hydrogen-bond acceptors (Lipinski definition) is 11. The topological polar surface area (TPSA) is 175 Å². The highest BCUT2D eigenvalue weighted by molar-refractivity contribution is 5.66. The molecule has 0 aromatic carbocycles. The van der Waals surface area contributed by atoms with E-state index in [1.54, 1.807) is 13.8 Å². The molecule has 17 atom stereocenters. The molecule has 0 amide bonds. The summed E-state index contributed by atoms with van der Waals surface area (Å²) in [4.78, 5) is 12.1. The van der Waals surface area contributed by atoms with Crippen molar-refractivity contribution in [1.29, 1.82) is 0 Å². The lowest BCUT2D eigenvalue weighted by Gasteiger charge is -2.63. The summed E-state index contributed by atoms with van der Waals surface area (Å²) in [6, 6.07) is 0. The first-order valence-electron chi connectivity index (χ1n) is 18.4. The van der Waals surface area contributed by atoms with Crippen molar-refractivity contribution < 1.29 is 54.4 Å². The van der Waals surface area contributed by atoms with Gasteiger partial charge in [0.15, 0.2) is 18.2 Å². The first-order valence-corrected chi connectivity index (χ1v) is 18.4. The van der Waals surface area contributed by atoms with Crippen LogP contribution < -0.4 is 0 Å². The highest BCUT2D eigenvalue weighted by Crippen LogP contribution is 2.89. The number of aliphatic hydroxyl groups excluding tert-OH is 4. The van der Waals surface area contributed by atoms with E-state index in [-0.39, 0.29) is 46.7 Å². The van der Waals surface area contributed by atoms with Gasteiger partial charge in [-0.15, -0.1) is 0 Å². The second-order valence-corrected chi connectivity index (χ2v) is 18.8. The first kappa shape index (κ1) is 35.5. The molecule has 0 aromatic heterocycles. The maximum Gasteiger partial charge on any atom is 0.303 e. The average Bonchev–Trinajstić information content (AvgIpc) is 3.62. The van der Waals surface area contributed by atoms with Crippen LogP contribution in [0.1, 0.15) is 107 Å². The Balaban J connectivity index is 1.17. The molecule has 6 N–H and O–H groups in total.